The normalized spacial score (nSPS) is 18.5. The van der Waals surface area contributed by atoms with Crippen molar-refractivity contribution in [3.8, 4) is 0 Å². The van der Waals surface area contributed by atoms with Crippen LogP contribution in [0.2, 0.25) is 4.34 Å². The number of hydrogen-bond acceptors (Lipinski definition) is 4. The molecule has 3 nitrogen and oxygen atoms in total. The highest BCUT2D eigenvalue weighted by Crippen LogP contribution is 2.28. The van der Waals surface area contributed by atoms with E-state index in [9.17, 15) is 0 Å². The molecule has 0 amide bonds. The first-order valence-electron chi connectivity index (χ1n) is 3.30. The van der Waals surface area contributed by atoms with E-state index in [4.69, 9.17) is 16.7 Å². The molecule has 1 N–H and O–H groups in total. The Kier molecular flexibility index (Phi) is 1.75. The molecule has 0 bridgehead atoms. The summed E-state index contributed by atoms with van der Waals surface area (Å²) in [6.45, 7) is 1.37. The summed E-state index contributed by atoms with van der Waals surface area (Å²) in [7, 11) is 0. The zero-order valence-corrected chi connectivity index (χ0v) is 7.27. The number of nitrogens with zero attached hydrogens (tertiary/aromatic N) is 2. The summed E-state index contributed by atoms with van der Waals surface area (Å²) in [5, 5.41) is 9.89. The Morgan fingerprint density at radius 3 is 2.91 bits per heavy atom. The summed E-state index contributed by atoms with van der Waals surface area (Å²) >= 11 is 7.13. The molecular weight excluding hydrogens is 184 g/mol. The van der Waals surface area contributed by atoms with Crippen LogP contribution in [-0.2, 0) is 0 Å². The molecule has 0 aliphatic carbocycles. The molecule has 1 aliphatic heterocycles. The molecule has 60 valence electrons. The van der Waals surface area contributed by atoms with E-state index >= 15 is 0 Å². The molecule has 1 aromatic heterocycles. The molecule has 0 saturated carbocycles. The minimum Gasteiger partial charge on any atom is -0.389 e. The van der Waals surface area contributed by atoms with Crippen LogP contribution in [0.15, 0.2) is 6.20 Å². The number of rotatable bonds is 1. The maximum Gasteiger partial charge on any atom is 0.186 e. The fourth-order valence-corrected chi connectivity index (χ4v) is 1.92. The van der Waals surface area contributed by atoms with Crippen LogP contribution in [0.1, 0.15) is 0 Å². The second-order valence-electron chi connectivity index (χ2n) is 2.51. The fourth-order valence-electron chi connectivity index (χ4n) is 1.00. The lowest BCUT2D eigenvalue weighted by Gasteiger charge is -2.35. The Labute approximate surface area is 73.2 Å². The van der Waals surface area contributed by atoms with E-state index in [0.29, 0.717) is 17.4 Å². The van der Waals surface area contributed by atoms with Gasteiger partial charge in [-0.2, -0.15) is 0 Å². The van der Waals surface area contributed by atoms with Crippen LogP contribution >= 0.6 is 22.9 Å². The van der Waals surface area contributed by atoms with Gasteiger partial charge in [-0.15, -0.1) is 0 Å². The Balaban J connectivity index is 2.07. The molecule has 0 unspecified atom stereocenters. The molecule has 0 atom stereocenters. The van der Waals surface area contributed by atoms with Gasteiger partial charge in [0.1, 0.15) is 4.34 Å². The van der Waals surface area contributed by atoms with Gasteiger partial charge < -0.3 is 10.0 Å². The first-order valence-corrected chi connectivity index (χ1v) is 4.49. The first-order chi connectivity index (χ1) is 5.25. The topological polar surface area (TPSA) is 36.4 Å². The maximum atomic E-state index is 8.99. The third-order valence-electron chi connectivity index (χ3n) is 1.60. The predicted molar refractivity (Wildman–Crippen MR) is 45.3 cm³/mol. The van der Waals surface area contributed by atoms with Crippen LogP contribution in [-0.4, -0.2) is 29.3 Å². The second-order valence-corrected chi connectivity index (χ2v) is 4.15. The average Bonchev–Trinajstić information content (AvgIpc) is 2.29. The summed E-state index contributed by atoms with van der Waals surface area (Å²) in [6.07, 6.45) is 1.45. The van der Waals surface area contributed by atoms with E-state index in [-0.39, 0.29) is 6.10 Å². The number of thiazole rings is 1. The molecule has 0 radical (unpaired) electrons. The van der Waals surface area contributed by atoms with E-state index in [1.807, 2.05) is 4.90 Å². The van der Waals surface area contributed by atoms with Gasteiger partial charge in [-0.05, 0) is 0 Å². The fraction of sp³-hybridized carbons (Fsp3) is 0.500. The zero-order chi connectivity index (χ0) is 7.84. The lowest BCUT2D eigenvalue weighted by Crippen LogP contribution is -2.50. The second kappa shape index (κ2) is 2.62. The summed E-state index contributed by atoms with van der Waals surface area (Å²) in [6, 6.07) is 0. The molecule has 0 spiro atoms. The number of hydrogen-bond donors (Lipinski definition) is 1. The van der Waals surface area contributed by atoms with E-state index in [2.05, 4.69) is 4.98 Å². The van der Waals surface area contributed by atoms with Crippen molar-refractivity contribution in [3.63, 3.8) is 0 Å². The lowest BCUT2D eigenvalue weighted by atomic mass is 10.2. The van der Waals surface area contributed by atoms with Crippen LogP contribution in [0, 0.1) is 0 Å². The van der Waals surface area contributed by atoms with Crippen LogP contribution in [0.25, 0.3) is 0 Å². The van der Waals surface area contributed by atoms with Gasteiger partial charge in [-0.1, -0.05) is 22.9 Å². The highest BCUT2D eigenvalue weighted by Gasteiger charge is 2.26. The van der Waals surface area contributed by atoms with E-state index in [1.165, 1.54) is 11.3 Å². The molecule has 2 heterocycles. The van der Waals surface area contributed by atoms with Crippen LogP contribution in [0.4, 0.5) is 5.13 Å². The van der Waals surface area contributed by atoms with E-state index in [1.54, 1.807) is 6.20 Å². The van der Waals surface area contributed by atoms with Gasteiger partial charge in [-0.3, -0.25) is 0 Å². The van der Waals surface area contributed by atoms with Crippen molar-refractivity contribution in [2.45, 2.75) is 6.10 Å². The Hall–Kier alpha value is -0.320. The van der Waals surface area contributed by atoms with E-state index in [0.717, 1.165) is 5.13 Å². The van der Waals surface area contributed by atoms with Crippen molar-refractivity contribution in [2.75, 3.05) is 18.0 Å². The van der Waals surface area contributed by atoms with Crippen molar-refractivity contribution >= 4 is 28.1 Å². The molecular formula is C6H7ClN2OS. The molecule has 0 aromatic carbocycles. The lowest BCUT2D eigenvalue weighted by molar-refractivity contribution is 0.142. The Bertz CT molecular complexity index is 259. The minimum absolute atomic E-state index is 0.183. The quantitative estimate of drug-likeness (QED) is 0.717. The van der Waals surface area contributed by atoms with Gasteiger partial charge in [0.2, 0.25) is 0 Å². The van der Waals surface area contributed by atoms with Crippen molar-refractivity contribution in [1.29, 1.82) is 0 Å². The van der Waals surface area contributed by atoms with Gasteiger partial charge in [0.05, 0.1) is 12.3 Å². The molecule has 5 heteroatoms. The smallest absolute Gasteiger partial charge is 0.186 e. The van der Waals surface area contributed by atoms with Crippen molar-refractivity contribution in [1.82, 2.24) is 4.98 Å². The number of aliphatic hydroxyl groups is 1. The van der Waals surface area contributed by atoms with Crippen LogP contribution in [0.3, 0.4) is 0 Å². The Morgan fingerprint density at radius 2 is 2.45 bits per heavy atom. The minimum atomic E-state index is -0.183. The largest absolute Gasteiger partial charge is 0.389 e. The highest BCUT2D eigenvalue weighted by molar-refractivity contribution is 7.19. The summed E-state index contributed by atoms with van der Waals surface area (Å²) in [4.78, 5) is 6.07. The third kappa shape index (κ3) is 1.34. The predicted octanol–water partition coefficient (Wildman–Crippen LogP) is 0.977. The van der Waals surface area contributed by atoms with Crippen molar-refractivity contribution in [3.05, 3.63) is 10.5 Å². The third-order valence-corrected chi connectivity index (χ3v) is 2.77. The van der Waals surface area contributed by atoms with Gasteiger partial charge >= 0.3 is 0 Å². The number of anilines is 1. The average molecular weight is 191 g/mol. The van der Waals surface area contributed by atoms with Gasteiger partial charge in [-0.25, -0.2) is 4.98 Å². The van der Waals surface area contributed by atoms with Crippen LogP contribution < -0.4 is 4.90 Å². The van der Waals surface area contributed by atoms with Gasteiger partial charge in [0.25, 0.3) is 0 Å². The van der Waals surface area contributed by atoms with Gasteiger partial charge in [0.15, 0.2) is 5.13 Å². The number of aromatic nitrogens is 1. The van der Waals surface area contributed by atoms with Gasteiger partial charge in [0, 0.05) is 13.1 Å². The number of aliphatic hydroxyl groups excluding tert-OH is 1. The van der Waals surface area contributed by atoms with Crippen LogP contribution in [0.5, 0.6) is 0 Å². The highest BCUT2D eigenvalue weighted by atomic mass is 35.5. The standard InChI is InChI=1S/C6H7ClN2OS/c7-5-1-8-6(11-5)9-2-4(10)3-9/h1,4,10H,2-3H2. The number of halogens is 1. The molecule has 11 heavy (non-hydrogen) atoms. The maximum absolute atomic E-state index is 8.99. The first kappa shape index (κ1) is 7.34. The summed E-state index contributed by atoms with van der Waals surface area (Å²) < 4.78 is 0.696. The van der Waals surface area contributed by atoms with E-state index < -0.39 is 0 Å². The summed E-state index contributed by atoms with van der Waals surface area (Å²) in [5.74, 6) is 0. The molecule has 1 aliphatic rings. The molecule has 1 fully saturated rings. The van der Waals surface area contributed by atoms with Crippen molar-refractivity contribution in [2.24, 2.45) is 0 Å². The molecule has 1 aromatic rings. The zero-order valence-electron chi connectivity index (χ0n) is 5.70. The SMILES string of the molecule is OC1CN(c2ncc(Cl)s2)C1. The monoisotopic (exact) mass is 190 g/mol. The molecule has 2 rings (SSSR count). The summed E-state index contributed by atoms with van der Waals surface area (Å²) in [5.41, 5.74) is 0. The molecule has 1 saturated heterocycles. The van der Waals surface area contributed by atoms with Crippen molar-refractivity contribution < 1.29 is 5.11 Å². The Morgan fingerprint density at radius 1 is 1.73 bits per heavy atom. The number of β-amino-alcohol motifs (C(OH)–C–C–N with tert-alkyl or cyclic N) is 1.